The summed E-state index contributed by atoms with van der Waals surface area (Å²) in [5, 5.41) is 3.97. The maximum Gasteiger partial charge on any atom is 0.253 e. The van der Waals surface area contributed by atoms with Crippen LogP contribution in [0.4, 0.5) is 11.4 Å². The van der Waals surface area contributed by atoms with Gasteiger partial charge in [-0.25, -0.2) is 4.99 Å². The van der Waals surface area contributed by atoms with E-state index < -0.39 is 5.66 Å². The highest BCUT2D eigenvalue weighted by atomic mass is 35.5. The maximum absolute atomic E-state index is 12.7. The fourth-order valence-corrected chi connectivity index (χ4v) is 3.68. The van der Waals surface area contributed by atoms with Gasteiger partial charge in [0.25, 0.3) is 5.91 Å². The Bertz CT molecular complexity index is 903. The summed E-state index contributed by atoms with van der Waals surface area (Å²) in [4.78, 5) is 19.3. The number of hydrogen-bond acceptors (Lipinski definition) is 5. The first kappa shape index (κ1) is 16.7. The molecule has 0 bridgehead atoms. The number of anilines is 2. The van der Waals surface area contributed by atoms with Crippen molar-refractivity contribution < 1.29 is 4.79 Å². The van der Waals surface area contributed by atoms with E-state index in [1.165, 1.54) is 0 Å². The monoisotopic (exact) mass is 369 g/mol. The van der Waals surface area contributed by atoms with Crippen molar-refractivity contribution in [3.05, 3.63) is 58.6 Å². The SMILES string of the molecule is NC1=NC2(CCN(C(=O)c3ccc(Cl)c(N)c3)CC2)Nc2ccccc21. The third-order valence-electron chi connectivity index (χ3n) is 5.03. The van der Waals surface area contributed by atoms with Gasteiger partial charge < -0.3 is 21.7 Å². The topological polar surface area (TPSA) is 96.7 Å². The van der Waals surface area contributed by atoms with E-state index in [1.54, 1.807) is 18.2 Å². The number of amides is 1. The average Bonchev–Trinajstić information content (AvgIpc) is 2.64. The van der Waals surface area contributed by atoms with Crippen LogP contribution in [0.2, 0.25) is 5.02 Å². The number of piperidine rings is 1. The lowest BCUT2D eigenvalue weighted by molar-refractivity contribution is 0.0685. The van der Waals surface area contributed by atoms with Gasteiger partial charge >= 0.3 is 0 Å². The maximum atomic E-state index is 12.7. The van der Waals surface area contributed by atoms with E-state index in [1.807, 2.05) is 29.2 Å². The molecule has 0 saturated carbocycles. The Labute approximate surface area is 156 Å². The summed E-state index contributed by atoms with van der Waals surface area (Å²) in [6, 6.07) is 12.9. The van der Waals surface area contributed by atoms with Crippen LogP contribution in [-0.4, -0.2) is 35.4 Å². The lowest BCUT2D eigenvalue weighted by Gasteiger charge is -2.42. The summed E-state index contributed by atoms with van der Waals surface area (Å²) < 4.78 is 0. The Morgan fingerprint density at radius 2 is 1.88 bits per heavy atom. The number of amidine groups is 1. The van der Waals surface area contributed by atoms with Crippen molar-refractivity contribution in [1.29, 1.82) is 0 Å². The molecule has 26 heavy (non-hydrogen) atoms. The number of aliphatic imine (C=N–C) groups is 1. The Balaban J connectivity index is 1.50. The van der Waals surface area contributed by atoms with Crippen LogP contribution in [0.5, 0.6) is 0 Å². The normalized spacial score (nSPS) is 18.0. The number of para-hydroxylation sites is 1. The number of nitrogen functional groups attached to an aromatic ring is 1. The molecule has 1 fully saturated rings. The van der Waals surface area contributed by atoms with Gasteiger partial charge in [0, 0.05) is 42.7 Å². The van der Waals surface area contributed by atoms with Crippen molar-refractivity contribution in [3.8, 4) is 0 Å². The number of nitrogens with two attached hydrogens (primary N) is 2. The summed E-state index contributed by atoms with van der Waals surface area (Å²) in [6.45, 7) is 1.18. The third-order valence-corrected chi connectivity index (χ3v) is 5.37. The number of carbonyl (C=O) groups excluding carboxylic acids is 1. The molecule has 2 heterocycles. The van der Waals surface area contributed by atoms with Crippen LogP contribution >= 0.6 is 11.6 Å². The zero-order valence-corrected chi connectivity index (χ0v) is 15.0. The Hall–Kier alpha value is -2.73. The zero-order chi connectivity index (χ0) is 18.3. The molecule has 0 unspecified atom stereocenters. The van der Waals surface area contributed by atoms with Gasteiger partial charge in [0.15, 0.2) is 0 Å². The van der Waals surface area contributed by atoms with E-state index in [4.69, 9.17) is 28.1 Å². The van der Waals surface area contributed by atoms with Crippen LogP contribution in [0, 0.1) is 0 Å². The van der Waals surface area contributed by atoms with Gasteiger partial charge in [0.2, 0.25) is 0 Å². The van der Waals surface area contributed by atoms with Crippen molar-refractivity contribution >= 4 is 34.7 Å². The lowest BCUT2D eigenvalue weighted by Crippen LogP contribution is -2.52. The molecule has 7 heteroatoms. The fraction of sp³-hybridized carbons (Fsp3) is 0.263. The summed E-state index contributed by atoms with van der Waals surface area (Å²) in [5.41, 5.74) is 14.4. The second kappa shape index (κ2) is 6.21. The number of hydrogen-bond donors (Lipinski definition) is 3. The van der Waals surface area contributed by atoms with Crippen LogP contribution in [0.3, 0.4) is 0 Å². The average molecular weight is 370 g/mol. The van der Waals surface area contributed by atoms with Crippen molar-refractivity contribution in [2.24, 2.45) is 10.7 Å². The molecular weight excluding hydrogens is 350 g/mol. The number of halogens is 1. The number of nitrogens with one attached hydrogen (secondary N) is 1. The molecule has 2 aromatic carbocycles. The number of nitrogens with zero attached hydrogens (tertiary/aromatic N) is 2. The Kier molecular flexibility index (Phi) is 4.00. The van der Waals surface area contributed by atoms with Gasteiger partial charge in [-0.05, 0) is 30.3 Å². The minimum absolute atomic E-state index is 0.0450. The number of fused-ring (bicyclic) bond motifs is 1. The van der Waals surface area contributed by atoms with E-state index in [0.717, 1.165) is 11.3 Å². The first-order chi connectivity index (χ1) is 12.5. The molecule has 1 amide bonds. The molecule has 0 aromatic heterocycles. The highest BCUT2D eigenvalue weighted by Crippen LogP contribution is 2.34. The second-order valence-corrected chi connectivity index (χ2v) is 7.13. The molecule has 6 nitrogen and oxygen atoms in total. The number of rotatable bonds is 1. The van der Waals surface area contributed by atoms with E-state index >= 15 is 0 Å². The molecule has 134 valence electrons. The van der Waals surface area contributed by atoms with E-state index in [2.05, 4.69) is 5.32 Å². The zero-order valence-electron chi connectivity index (χ0n) is 14.2. The summed E-state index contributed by atoms with van der Waals surface area (Å²) in [7, 11) is 0. The molecular formula is C19H20ClN5O. The highest BCUT2D eigenvalue weighted by molar-refractivity contribution is 6.33. The molecule has 0 atom stereocenters. The van der Waals surface area contributed by atoms with Gasteiger partial charge in [-0.3, -0.25) is 4.79 Å². The molecule has 0 radical (unpaired) electrons. The fourth-order valence-electron chi connectivity index (χ4n) is 3.56. The summed E-state index contributed by atoms with van der Waals surface area (Å²) in [5.74, 6) is 0.501. The molecule has 2 aromatic rings. The summed E-state index contributed by atoms with van der Waals surface area (Å²) >= 11 is 5.94. The van der Waals surface area contributed by atoms with Crippen LogP contribution in [0.15, 0.2) is 47.5 Å². The largest absolute Gasteiger partial charge is 0.398 e. The van der Waals surface area contributed by atoms with Gasteiger partial charge in [-0.15, -0.1) is 0 Å². The minimum Gasteiger partial charge on any atom is -0.398 e. The molecule has 5 N–H and O–H groups in total. The lowest BCUT2D eigenvalue weighted by atomic mass is 9.93. The van der Waals surface area contributed by atoms with Crippen molar-refractivity contribution in [1.82, 2.24) is 4.90 Å². The van der Waals surface area contributed by atoms with Crippen LogP contribution in [-0.2, 0) is 0 Å². The van der Waals surface area contributed by atoms with E-state index in [-0.39, 0.29) is 5.91 Å². The predicted molar refractivity (Wildman–Crippen MR) is 105 cm³/mol. The van der Waals surface area contributed by atoms with Crippen molar-refractivity contribution in [2.75, 3.05) is 24.1 Å². The standard InChI is InChI=1S/C19H20ClN5O/c20-14-6-5-12(11-15(14)21)18(26)25-9-7-19(8-10-25)23-16-4-2-1-3-13(16)17(22)24-19/h1-6,11,23H,7-10,21H2,(H2,22,24). The van der Waals surface area contributed by atoms with Crippen LogP contribution in [0.1, 0.15) is 28.8 Å². The van der Waals surface area contributed by atoms with Crippen LogP contribution in [0.25, 0.3) is 0 Å². The Morgan fingerprint density at radius 1 is 1.15 bits per heavy atom. The Morgan fingerprint density at radius 3 is 2.62 bits per heavy atom. The van der Waals surface area contributed by atoms with Gasteiger partial charge in [0.1, 0.15) is 11.5 Å². The number of benzene rings is 2. The van der Waals surface area contributed by atoms with E-state index in [9.17, 15) is 4.79 Å². The second-order valence-electron chi connectivity index (χ2n) is 6.73. The molecule has 1 spiro atoms. The molecule has 4 rings (SSSR count). The third kappa shape index (κ3) is 2.86. The first-order valence-electron chi connectivity index (χ1n) is 8.55. The number of carbonyl (C=O) groups is 1. The van der Waals surface area contributed by atoms with Crippen molar-refractivity contribution in [3.63, 3.8) is 0 Å². The molecule has 0 aliphatic carbocycles. The number of likely N-dealkylation sites (tertiary alicyclic amines) is 1. The quantitative estimate of drug-likeness (QED) is 0.673. The smallest absolute Gasteiger partial charge is 0.253 e. The molecule has 2 aliphatic rings. The van der Waals surface area contributed by atoms with Gasteiger partial charge in [0.05, 0.1) is 10.7 Å². The summed E-state index contributed by atoms with van der Waals surface area (Å²) in [6.07, 6.45) is 1.38. The highest BCUT2D eigenvalue weighted by Gasteiger charge is 2.38. The van der Waals surface area contributed by atoms with Crippen LogP contribution < -0.4 is 16.8 Å². The van der Waals surface area contributed by atoms with Crippen molar-refractivity contribution in [2.45, 2.75) is 18.5 Å². The first-order valence-corrected chi connectivity index (χ1v) is 8.92. The predicted octanol–water partition coefficient (Wildman–Crippen LogP) is 2.69. The molecule has 1 saturated heterocycles. The minimum atomic E-state index is -0.450. The van der Waals surface area contributed by atoms with Gasteiger partial charge in [-0.2, -0.15) is 0 Å². The van der Waals surface area contributed by atoms with E-state index in [0.29, 0.717) is 48.0 Å². The molecule has 2 aliphatic heterocycles. The van der Waals surface area contributed by atoms with Gasteiger partial charge in [-0.1, -0.05) is 23.7 Å².